The molecule has 8 heteroatoms. The summed E-state index contributed by atoms with van der Waals surface area (Å²) in [6.07, 6.45) is 1.03. The predicted octanol–water partition coefficient (Wildman–Crippen LogP) is 3.22. The van der Waals surface area contributed by atoms with E-state index >= 15 is 0 Å². The number of hydrogen-bond donors (Lipinski definition) is 4. The quantitative estimate of drug-likeness (QED) is 0.524. The standard InChI is InChI=1S/2C12H14ClNO2/c2*13-10-4-2-1-3-9(10)12(14)7-8(15)5-6-11(12)16/h2*1-4,8,15H,5-7,14H2/t2*8-,12-/m11/s1. The highest BCUT2D eigenvalue weighted by atomic mass is 35.5. The number of carbonyl (C=O) groups excluding carboxylic acids is 2. The van der Waals surface area contributed by atoms with E-state index in [9.17, 15) is 19.8 Å². The van der Waals surface area contributed by atoms with Crippen LogP contribution in [0.5, 0.6) is 0 Å². The normalized spacial score (nSPS) is 30.4. The monoisotopic (exact) mass is 478 g/mol. The van der Waals surface area contributed by atoms with Gasteiger partial charge in [-0.2, -0.15) is 0 Å². The van der Waals surface area contributed by atoms with Crippen LogP contribution < -0.4 is 11.5 Å². The fraction of sp³-hybridized carbons (Fsp3) is 0.417. The fourth-order valence-corrected chi connectivity index (χ4v) is 4.99. The van der Waals surface area contributed by atoms with Gasteiger partial charge in [-0.15, -0.1) is 0 Å². The lowest BCUT2D eigenvalue weighted by Gasteiger charge is -2.35. The summed E-state index contributed by atoms with van der Waals surface area (Å²) in [7, 11) is 0. The predicted molar refractivity (Wildman–Crippen MR) is 124 cm³/mol. The van der Waals surface area contributed by atoms with Crippen LogP contribution in [0.4, 0.5) is 0 Å². The lowest BCUT2D eigenvalue weighted by molar-refractivity contribution is -0.129. The van der Waals surface area contributed by atoms with Crippen LogP contribution in [0, 0.1) is 0 Å². The van der Waals surface area contributed by atoms with E-state index in [0.717, 1.165) is 0 Å². The van der Waals surface area contributed by atoms with Gasteiger partial charge in [0.1, 0.15) is 11.1 Å². The SMILES string of the molecule is N[C@@]1(c2ccccc2Cl)C[C@H](O)CCC1=O.N[C@@]1(c2ccccc2Cl)C[C@H](O)CCC1=O. The van der Waals surface area contributed by atoms with Gasteiger partial charge in [-0.1, -0.05) is 59.6 Å². The fourth-order valence-electron chi connectivity index (χ4n) is 4.38. The Morgan fingerprint density at radius 3 is 1.41 bits per heavy atom. The highest BCUT2D eigenvalue weighted by molar-refractivity contribution is 6.32. The molecule has 2 aliphatic carbocycles. The Hall–Kier alpha value is -1.80. The average Bonchev–Trinajstić information content (AvgIpc) is 2.75. The first-order chi connectivity index (χ1) is 15.1. The number of rotatable bonds is 2. The molecule has 2 fully saturated rings. The first-order valence-corrected chi connectivity index (χ1v) is 11.3. The smallest absolute Gasteiger partial charge is 0.157 e. The van der Waals surface area contributed by atoms with Gasteiger partial charge in [-0.3, -0.25) is 9.59 Å². The highest BCUT2D eigenvalue weighted by Gasteiger charge is 2.43. The van der Waals surface area contributed by atoms with Gasteiger partial charge >= 0.3 is 0 Å². The zero-order chi connectivity index (χ0) is 23.5. The topological polar surface area (TPSA) is 127 Å². The number of halogens is 2. The Bertz CT molecular complexity index is 922. The van der Waals surface area contributed by atoms with Crippen molar-refractivity contribution in [2.45, 2.75) is 61.8 Å². The van der Waals surface area contributed by atoms with Gasteiger partial charge in [-0.25, -0.2) is 0 Å². The van der Waals surface area contributed by atoms with Crippen molar-refractivity contribution in [3.8, 4) is 0 Å². The Morgan fingerprint density at radius 1 is 0.719 bits per heavy atom. The number of aliphatic hydroxyl groups is 2. The van der Waals surface area contributed by atoms with Crippen molar-refractivity contribution in [1.82, 2.24) is 0 Å². The molecule has 2 aliphatic rings. The van der Waals surface area contributed by atoms with Crippen LogP contribution in [0.3, 0.4) is 0 Å². The molecular weight excluding hydrogens is 451 g/mol. The number of Topliss-reactive ketones (excluding diaryl/α,β-unsaturated/α-hetero) is 2. The second-order valence-corrected chi connectivity index (χ2v) is 9.36. The third-order valence-electron chi connectivity index (χ3n) is 6.23. The molecule has 0 unspecified atom stereocenters. The molecule has 0 heterocycles. The van der Waals surface area contributed by atoms with Gasteiger partial charge in [0, 0.05) is 35.7 Å². The van der Waals surface area contributed by atoms with Gasteiger partial charge < -0.3 is 21.7 Å². The zero-order valence-electron chi connectivity index (χ0n) is 17.6. The molecule has 2 aromatic rings. The molecular formula is C24H28Cl2N2O4. The Balaban J connectivity index is 0.000000181. The van der Waals surface area contributed by atoms with Crippen molar-refractivity contribution in [1.29, 1.82) is 0 Å². The first kappa shape index (κ1) is 24.8. The maximum absolute atomic E-state index is 11.9. The highest BCUT2D eigenvalue weighted by Crippen LogP contribution is 2.37. The maximum Gasteiger partial charge on any atom is 0.157 e. The van der Waals surface area contributed by atoms with E-state index in [4.69, 9.17) is 34.7 Å². The number of nitrogens with two attached hydrogens (primary N) is 2. The van der Waals surface area contributed by atoms with Crippen molar-refractivity contribution in [2.75, 3.05) is 0 Å². The molecule has 0 aromatic heterocycles. The summed E-state index contributed by atoms with van der Waals surface area (Å²) in [4.78, 5) is 23.8. The Kier molecular flexibility index (Phi) is 7.76. The molecule has 2 aromatic carbocycles. The van der Waals surface area contributed by atoms with E-state index in [2.05, 4.69) is 0 Å². The van der Waals surface area contributed by atoms with Gasteiger partial charge in [0.2, 0.25) is 0 Å². The molecule has 4 atom stereocenters. The Labute approximate surface area is 197 Å². The van der Waals surface area contributed by atoms with Crippen LogP contribution in [0.25, 0.3) is 0 Å². The van der Waals surface area contributed by atoms with Crippen LogP contribution in [-0.2, 0) is 20.7 Å². The number of benzene rings is 2. The Morgan fingerprint density at radius 2 is 1.06 bits per heavy atom. The lowest BCUT2D eigenvalue weighted by Crippen LogP contribution is -2.50. The van der Waals surface area contributed by atoms with Crippen molar-refractivity contribution in [3.63, 3.8) is 0 Å². The van der Waals surface area contributed by atoms with E-state index in [0.29, 0.717) is 46.9 Å². The van der Waals surface area contributed by atoms with E-state index < -0.39 is 23.3 Å². The molecule has 6 N–H and O–H groups in total. The maximum atomic E-state index is 11.9. The molecule has 6 nitrogen and oxygen atoms in total. The van der Waals surface area contributed by atoms with Gasteiger partial charge in [0.05, 0.1) is 12.2 Å². The largest absolute Gasteiger partial charge is 0.393 e. The van der Waals surface area contributed by atoms with Gasteiger partial charge in [0.25, 0.3) is 0 Å². The van der Waals surface area contributed by atoms with Gasteiger partial charge in [0.15, 0.2) is 11.6 Å². The van der Waals surface area contributed by atoms with Crippen molar-refractivity contribution in [2.24, 2.45) is 11.5 Å². The summed E-state index contributed by atoms with van der Waals surface area (Å²) in [6, 6.07) is 14.1. The molecule has 0 amide bonds. The summed E-state index contributed by atoms with van der Waals surface area (Å²) in [5.41, 5.74) is 11.2. The summed E-state index contributed by atoms with van der Waals surface area (Å²) in [5, 5.41) is 20.2. The van der Waals surface area contributed by atoms with E-state index in [-0.39, 0.29) is 24.4 Å². The third kappa shape index (κ3) is 5.06. The number of aliphatic hydroxyl groups excluding tert-OH is 2. The van der Waals surface area contributed by atoms with Crippen molar-refractivity contribution in [3.05, 3.63) is 69.7 Å². The van der Waals surface area contributed by atoms with Crippen LogP contribution in [0.1, 0.15) is 49.7 Å². The number of hydrogen-bond acceptors (Lipinski definition) is 6. The zero-order valence-corrected chi connectivity index (χ0v) is 19.1. The minimum Gasteiger partial charge on any atom is -0.393 e. The summed E-state index contributed by atoms with van der Waals surface area (Å²) in [5.74, 6) is -0.100. The minimum absolute atomic E-state index is 0.0501. The molecule has 172 valence electrons. The van der Waals surface area contributed by atoms with E-state index in [1.54, 1.807) is 48.5 Å². The van der Waals surface area contributed by atoms with Crippen LogP contribution in [-0.4, -0.2) is 34.0 Å². The van der Waals surface area contributed by atoms with Gasteiger partial charge in [-0.05, 0) is 36.1 Å². The third-order valence-corrected chi connectivity index (χ3v) is 6.89. The minimum atomic E-state index is -1.13. The summed E-state index contributed by atoms with van der Waals surface area (Å²) in [6.45, 7) is 0. The molecule has 0 aliphatic heterocycles. The molecule has 0 spiro atoms. The number of carbonyl (C=O) groups is 2. The van der Waals surface area contributed by atoms with E-state index in [1.807, 2.05) is 0 Å². The first-order valence-electron chi connectivity index (χ1n) is 10.6. The van der Waals surface area contributed by atoms with Crippen LogP contribution in [0.15, 0.2) is 48.5 Å². The molecule has 2 saturated carbocycles. The van der Waals surface area contributed by atoms with Crippen molar-refractivity contribution >= 4 is 34.8 Å². The molecule has 4 rings (SSSR count). The summed E-state index contributed by atoms with van der Waals surface area (Å²) >= 11 is 12.1. The van der Waals surface area contributed by atoms with E-state index in [1.165, 1.54) is 0 Å². The second-order valence-electron chi connectivity index (χ2n) is 8.54. The number of ketones is 2. The average molecular weight is 479 g/mol. The van der Waals surface area contributed by atoms with Crippen LogP contribution >= 0.6 is 23.2 Å². The second kappa shape index (κ2) is 10.00. The molecule has 0 radical (unpaired) electrons. The molecule has 0 bridgehead atoms. The van der Waals surface area contributed by atoms with Crippen LogP contribution in [0.2, 0.25) is 10.0 Å². The van der Waals surface area contributed by atoms with Crippen molar-refractivity contribution < 1.29 is 19.8 Å². The summed E-state index contributed by atoms with van der Waals surface area (Å²) < 4.78 is 0. The molecule has 32 heavy (non-hydrogen) atoms. The lowest BCUT2D eigenvalue weighted by atomic mass is 9.75. The molecule has 0 saturated heterocycles.